The van der Waals surface area contributed by atoms with E-state index in [0.29, 0.717) is 34.2 Å². The molecule has 1 heterocycles. The zero-order valence-corrected chi connectivity index (χ0v) is 18.7. The van der Waals surface area contributed by atoms with Gasteiger partial charge in [-0.3, -0.25) is 14.5 Å². The van der Waals surface area contributed by atoms with Crippen molar-refractivity contribution in [2.24, 2.45) is 0 Å². The summed E-state index contributed by atoms with van der Waals surface area (Å²) in [5, 5.41) is 3.55. The molecule has 0 saturated heterocycles. The largest absolute Gasteiger partial charge is 0.494 e. The highest BCUT2D eigenvalue weighted by Crippen LogP contribution is 2.33. The number of hydrogen-bond acceptors (Lipinski definition) is 4. The van der Waals surface area contributed by atoms with Crippen LogP contribution < -0.4 is 10.1 Å². The Morgan fingerprint density at radius 2 is 1.73 bits per heavy atom. The van der Waals surface area contributed by atoms with Gasteiger partial charge in [-0.05, 0) is 47.9 Å². The predicted octanol–water partition coefficient (Wildman–Crippen LogP) is 5.66. The average molecular weight is 465 g/mol. The summed E-state index contributed by atoms with van der Waals surface area (Å²) in [5.41, 5.74) is 1.98. The zero-order chi connectivity index (χ0) is 23.4. The summed E-state index contributed by atoms with van der Waals surface area (Å²) in [5.74, 6) is -0.749. The average Bonchev–Trinajstić information content (AvgIpc) is 3.04. The Balaban J connectivity index is 1.71. The van der Waals surface area contributed by atoms with Gasteiger partial charge < -0.3 is 10.1 Å². The molecule has 0 aromatic heterocycles. The van der Waals surface area contributed by atoms with Crippen molar-refractivity contribution in [3.63, 3.8) is 0 Å². The summed E-state index contributed by atoms with van der Waals surface area (Å²) in [4.78, 5) is 27.9. The van der Waals surface area contributed by atoms with Gasteiger partial charge in [-0.25, -0.2) is 4.39 Å². The number of amides is 2. The number of nitrogens with zero attached hydrogens (tertiary/aromatic N) is 1. The van der Waals surface area contributed by atoms with Crippen LogP contribution in [0.4, 0.5) is 10.1 Å². The monoisotopic (exact) mass is 464 g/mol. The summed E-state index contributed by atoms with van der Waals surface area (Å²) in [6.07, 6.45) is 0.863. The molecular formula is C26H22ClFN2O3. The summed E-state index contributed by atoms with van der Waals surface area (Å²) in [6, 6.07) is 19.7. The topological polar surface area (TPSA) is 58.6 Å². The number of carbonyl (C=O) groups excluding carboxylic acids is 2. The Bertz CT molecular complexity index is 1220. The molecule has 33 heavy (non-hydrogen) atoms. The summed E-state index contributed by atoms with van der Waals surface area (Å²) < 4.78 is 19.2. The molecule has 168 valence electrons. The van der Waals surface area contributed by atoms with Crippen LogP contribution in [0.25, 0.3) is 5.57 Å². The van der Waals surface area contributed by atoms with Crippen LogP contribution in [0.15, 0.2) is 78.5 Å². The minimum absolute atomic E-state index is 0.0207. The van der Waals surface area contributed by atoms with E-state index in [1.54, 1.807) is 42.5 Å². The molecule has 0 radical (unpaired) electrons. The molecule has 1 N–H and O–H groups in total. The van der Waals surface area contributed by atoms with E-state index in [1.165, 1.54) is 24.3 Å². The molecule has 0 saturated carbocycles. The van der Waals surface area contributed by atoms with Gasteiger partial charge in [0.25, 0.3) is 11.8 Å². The zero-order valence-electron chi connectivity index (χ0n) is 18.0. The first-order valence-corrected chi connectivity index (χ1v) is 11.0. The van der Waals surface area contributed by atoms with E-state index in [-0.39, 0.29) is 17.8 Å². The van der Waals surface area contributed by atoms with Gasteiger partial charge in [-0.1, -0.05) is 54.9 Å². The molecule has 0 fully saturated rings. The first kappa shape index (κ1) is 22.6. The van der Waals surface area contributed by atoms with Gasteiger partial charge in [0.15, 0.2) is 0 Å². The van der Waals surface area contributed by atoms with Crippen molar-refractivity contribution in [1.82, 2.24) is 4.90 Å². The van der Waals surface area contributed by atoms with Crippen molar-refractivity contribution in [2.45, 2.75) is 19.9 Å². The van der Waals surface area contributed by atoms with Crippen LogP contribution in [0, 0.1) is 5.82 Å². The molecule has 3 aromatic rings. The number of ether oxygens (including phenoxy) is 1. The van der Waals surface area contributed by atoms with E-state index in [4.69, 9.17) is 16.3 Å². The second-order valence-corrected chi connectivity index (χ2v) is 7.95. The first-order valence-electron chi connectivity index (χ1n) is 10.6. The van der Waals surface area contributed by atoms with Gasteiger partial charge in [0, 0.05) is 16.8 Å². The Hall–Kier alpha value is -3.64. The van der Waals surface area contributed by atoms with Gasteiger partial charge in [0.05, 0.1) is 18.7 Å². The second-order valence-electron chi connectivity index (χ2n) is 7.55. The van der Waals surface area contributed by atoms with Gasteiger partial charge >= 0.3 is 0 Å². The second kappa shape index (κ2) is 9.88. The number of hydrogen-bond donors (Lipinski definition) is 1. The molecule has 0 atom stereocenters. The normalized spacial score (nSPS) is 13.6. The Labute approximate surface area is 196 Å². The van der Waals surface area contributed by atoms with Crippen molar-refractivity contribution in [3.05, 3.63) is 100 Å². The van der Waals surface area contributed by atoms with Gasteiger partial charge in [-0.15, -0.1) is 0 Å². The maximum absolute atomic E-state index is 13.5. The number of anilines is 1. The van der Waals surface area contributed by atoms with Crippen molar-refractivity contribution in [3.8, 4) is 5.75 Å². The molecule has 5 nitrogen and oxygen atoms in total. The van der Waals surface area contributed by atoms with Crippen LogP contribution >= 0.6 is 11.6 Å². The quantitative estimate of drug-likeness (QED) is 0.437. The van der Waals surface area contributed by atoms with Crippen molar-refractivity contribution >= 4 is 34.7 Å². The van der Waals surface area contributed by atoms with Gasteiger partial charge in [0.2, 0.25) is 0 Å². The predicted molar refractivity (Wildman–Crippen MR) is 126 cm³/mol. The van der Waals surface area contributed by atoms with Gasteiger partial charge in [-0.2, -0.15) is 0 Å². The fourth-order valence-electron chi connectivity index (χ4n) is 3.54. The minimum atomic E-state index is -0.487. The number of nitrogens with one attached hydrogen (secondary N) is 1. The lowest BCUT2D eigenvalue weighted by Crippen LogP contribution is -2.32. The summed E-state index contributed by atoms with van der Waals surface area (Å²) in [7, 11) is 0. The van der Waals surface area contributed by atoms with Gasteiger partial charge in [0.1, 0.15) is 17.3 Å². The van der Waals surface area contributed by atoms with Crippen LogP contribution in [-0.4, -0.2) is 23.3 Å². The number of halogens is 2. The van der Waals surface area contributed by atoms with Crippen molar-refractivity contribution in [1.29, 1.82) is 0 Å². The third-order valence-electron chi connectivity index (χ3n) is 5.16. The number of carbonyl (C=O) groups is 2. The summed E-state index contributed by atoms with van der Waals surface area (Å²) in [6.45, 7) is 2.60. The molecule has 0 spiro atoms. The van der Waals surface area contributed by atoms with Crippen LogP contribution in [-0.2, 0) is 16.1 Å². The maximum atomic E-state index is 13.5. The maximum Gasteiger partial charge on any atom is 0.278 e. The number of rotatable bonds is 8. The SMILES string of the molecule is CCCOc1cccc(NC2=C(c3ccc(F)cc3)C(=O)N(Cc3ccccc3Cl)C2=O)c1. The number of benzene rings is 3. The van der Waals surface area contributed by atoms with Crippen LogP contribution in [0.1, 0.15) is 24.5 Å². The van der Waals surface area contributed by atoms with E-state index in [1.807, 2.05) is 13.0 Å². The van der Waals surface area contributed by atoms with Crippen LogP contribution in [0.3, 0.4) is 0 Å². The molecule has 3 aromatic carbocycles. The molecule has 7 heteroatoms. The third-order valence-corrected chi connectivity index (χ3v) is 5.53. The lowest BCUT2D eigenvalue weighted by Gasteiger charge is -2.16. The molecule has 0 aliphatic carbocycles. The molecule has 0 unspecified atom stereocenters. The van der Waals surface area contributed by atoms with Crippen molar-refractivity contribution < 1.29 is 18.7 Å². The molecule has 0 bridgehead atoms. The van der Waals surface area contributed by atoms with E-state index >= 15 is 0 Å². The van der Waals surface area contributed by atoms with E-state index in [2.05, 4.69) is 5.32 Å². The lowest BCUT2D eigenvalue weighted by atomic mass is 10.0. The van der Waals surface area contributed by atoms with E-state index < -0.39 is 17.6 Å². The first-order chi connectivity index (χ1) is 16.0. The Morgan fingerprint density at radius 3 is 2.45 bits per heavy atom. The summed E-state index contributed by atoms with van der Waals surface area (Å²) >= 11 is 6.26. The molecular weight excluding hydrogens is 443 g/mol. The smallest absolute Gasteiger partial charge is 0.278 e. The van der Waals surface area contributed by atoms with Crippen LogP contribution in [0.5, 0.6) is 5.75 Å². The van der Waals surface area contributed by atoms with E-state index in [0.717, 1.165) is 11.3 Å². The molecule has 4 rings (SSSR count). The highest BCUT2D eigenvalue weighted by atomic mass is 35.5. The third kappa shape index (κ3) is 4.91. The highest BCUT2D eigenvalue weighted by Gasteiger charge is 2.39. The number of imide groups is 1. The minimum Gasteiger partial charge on any atom is -0.494 e. The fourth-order valence-corrected chi connectivity index (χ4v) is 3.74. The van der Waals surface area contributed by atoms with E-state index in [9.17, 15) is 14.0 Å². The standard InChI is InChI=1S/C26H22ClFN2O3/c1-2-14-33-21-8-5-7-20(15-21)29-24-23(17-10-12-19(28)13-11-17)25(31)30(26(24)32)16-18-6-3-4-9-22(18)27/h3-13,15,29H,2,14,16H2,1H3. The van der Waals surface area contributed by atoms with Crippen LogP contribution in [0.2, 0.25) is 5.02 Å². The fraction of sp³-hybridized carbons (Fsp3) is 0.154. The molecule has 1 aliphatic rings. The Kier molecular flexibility index (Phi) is 6.75. The highest BCUT2D eigenvalue weighted by molar-refractivity contribution is 6.36. The molecule has 1 aliphatic heterocycles. The lowest BCUT2D eigenvalue weighted by molar-refractivity contribution is -0.137. The Morgan fingerprint density at radius 1 is 0.970 bits per heavy atom. The van der Waals surface area contributed by atoms with Crippen molar-refractivity contribution in [2.75, 3.05) is 11.9 Å². The molecule has 2 amide bonds.